The lowest BCUT2D eigenvalue weighted by Crippen LogP contribution is -2.24. The molecule has 1 amide bonds. The Hall–Kier alpha value is -1.66. The van der Waals surface area contributed by atoms with Gasteiger partial charge in [0.25, 0.3) is 5.91 Å². The maximum absolute atomic E-state index is 11.6. The summed E-state index contributed by atoms with van der Waals surface area (Å²) in [5.74, 6) is 0.414. The van der Waals surface area contributed by atoms with Crippen molar-refractivity contribution in [1.29, 1.82) is 0 Å². The topological polar surface area (TPSA) is 72.5 Å². The molecule has 0 aliphatic carbocycles. The van der Waals surface area contributed by atoms with E-state index in [-0.39, 0.29) is 5.91 Å². The van der Waals surface area contributed by atoms with Gasteiger partial charge in [-0.05, 0) is 18.6 Å². The molecule has 1 aromatic heterocycles. The van der Waals surface area contributed by atoms with Crippen molar-refractivity contribution < 1.29 is 14.4 Å². The standard InChI is InChI=1S/C12H19N3O3/c1-3-7-18-15-12(16)10-4-5-11(14-9-10)13-6-8-17-2/h4-5,9H,3,6-8H2,1-2H3,(H,13,14)(H,15,16). The molecule has 0 aliphatic rings. The summed E-state index contributed by atoms with van der Waals surface area (Å²) in [6.45, 7) is 3.74. The van der Waals surface area contributed by atoms with Crippen LogP contribution in [0.2, 0.25) is 0 Å². The van der Waals surface area contributed by atoms with Crippen LogP contribution >= 0.6 is 0 Å². The number of nitrogens with zero attached hydrogens (tertiary/aromatic N) is 1. The SMILES string of the molecule is CCCONC(=O)c1ccc(NCCOC)nc1. The number of carbonyl (C=O) groups excluding carboxylic acids is 1. The van der Waals surface area contributed by atoms with E-state index in [1.807, 2.05) is 6.92 Å². The second-order valence-corrected chi connectivity index (χ2v) is 3.63. The third kappa shape index (κ3) is 5.11. The lowest BCUT2D eigenvalue weighted by atomic mass is 10.3. The molecule has 0 saturated carbocycles. The molecule has 0 bridgehead atoms. The summed E-state index contributed by atoms with van der Waals surface area (Å²) < 4.78 is 4.91. The Bertz CT molecular complexity index is 354. The highest BCUT2D eigenvalue weighted by molar-refractivity contribution is 5.93. The van der Waals surface area contributed by atoms with Gasteiger partial charge in [-0.15, -0.1) is 0 Å². The first-order chi connectivity index (χ1) is 8.77. The van der Waals surface area contributed by atoms with E-state index in [4.69, 9.17) is 9.57 Å². The van der Waals surface area contributed by atoms with Gasteiger partial charge in [0.1, 0.15) is 5.82 Å². The largest absolute Gasteiger partial charge is 0.383 e. The number of nitrogens with one attached hydrogen (secondary N) is 2. The summed E-state index contributed by atoms with van der Waals surface area (Å²) >= 11 is 0. The summed E-state index contributed by atoms with van der Waals surface area (Å²) in [5.41, 5.74) is 2.81. The van der Waals surface area contributed by atoms with Crippen LogP contribution in [0.1, 0.15) is 23.7 Å². The lowest BCUT2D eigenvalue weighted by molar-refractivity contribution is 0.0315. The Kier molecular flexibility index (Phi) is 6.75. The van der Waals surface area contributed by atoms with Crippen LogP contribution in [0.3, 0.4) is 0 Å². The van der Waals surface area contributed by atoms with Crippen molar-refractivity contribution in [3.05, 3.63) is 23.9 Å². The first-order valence-electron chi connectivity index (χ1n) is 5.89. The Balaban J connectivity index is 2.41. The van der Waals surface area contributed by atoms with Crippen LogP contribution in [0.5, 0.6) is 0 Å². The number of methoxy groups -OCH3 is 1. The molecular formula is C12H19N3O3. The van der Waals surface area contributed by atoms with E-state index in [0.717, 1.165) is 6.42 Å². The number of hydrogen-bond donors (Lipinski definition) is 2. The Morgan fingerprint density at radius 3 is 2.83 bits per heavy atom. The van der Waals surface area contributed by atoms with Crippen LogP contribution in [-0.4, -0.2) is 37.8 Å². The van der Waals surface area contributed by atoms with Gasteiger partial charge in [0.15, 0.2) is 0 Å². The average molecular weight is 253 g/mol. The molecule has 0 atom stereocenters. The lowest BCUT2D eigenvalue weighted by Gasteiger charge is -2.06. The first-order valence-corrected chi connectivity index (χ1v) is 5.89. The maximum Gasteiger partial charge on any atom is 0.276 e. The fourth-order valence-corrected chi connectivity index (χ4v) is 1.19. The highest BCUT2D eigenvalue weighted by Crippen LogP contribution is 2.04. The maximum atomic E-state index is 11.6. The monoisotopic (exact) mass is 253 g/mol. The predicted molar refractivity (Wildman–Crippen MR) is 68.3 cm³/mol. The van der Waals surface area contributed by atoms with E-state index in [2.05, 4.69) is 15.8 Å². The van der Waals surface area contributed by atoms with Gasteiger partial charge in [-0.3, -0.25) is 9.63 Å². The van der Waals surface area contributed by atoms with E-state index >= 15 is 0 Å². The molecular weight excluding hydrogens is 234 g/mol. The highest BCUT2D eigenvalue weighted by atomic mass is 16.6. The van der Waals surface area contributed by atoms with Crippen LogP contribution in [0.4, 0.5) is 5.82 Å². The minimum Gasteiger partial charge on any atom is -0.383 e. The molecule has 1 aromatic rings. The number of amides is 1. The molecule has 0 spiro atoms. The number of carbonyl (C=O) groups is 1. The van der Waals surface area contributed by atoms with Gasteiger partial charge in [0.05, 0.1) is 18.8 Å². The van der Waals surface area contributed by atoms with Gasteiger partial charge in [-0.1, -0.05) is 6.92 Å². The summed E-state index contributed by atoms with van der Waals surface area (Å²) in [6.07, 6.45) is 2.35. The van der Waals surface area contributed by atoms with Crippen LogP contribution in [0, 0.1) is 0 Å². The van der Waals surface area contributed by atoms with E-state index in [1.165, 1.54) is 6.20 Å². The smallest absolute Gasteiger partial charge is 0.276 e. The zero-order chi connectivity index (χ0) is 13.2. The number of pyridine rings is 1. The summed E-state index contributed by atoms with van der Waals surface area (Å²) in [4.78, 5) is 20.6. The molecule has 0 fully saturated rings. The summed E-state index contributed by atoms with van der Waals surface area (Å²) in [5, 5.41) is 3.06. The number of anilines is 1. The van der Waals surface area contributed by atoms with Gasteiger partial charge >= 0.3 is 0 Å². The fourth-order valence-electron chi connectivity index (χ4n) is 1.19. The molecule has 0 radical (unpaired) electrons. The molecule has 2 N–H and O–H groups in total. The predicted octanol–water partition coefficient (Wildman–Crippen LogP) is 1.21. The molecule has 1 rings (SSSR count). The zero-order valence-electron chi connectivity index (χ0n) is 10.7. The van der Waals surface area contributed by atoms with Crippen molar-refractivity contribution in [3.63, 3.8) is 0 Å². The van der Waals surface area contributed by atoms with Crippen LogP contribution < -0.4 is 10.8 Å². The highest BCUT2D eigenvalue weighted by Gasteiger charge is 2.05. The number of aromatic nitrogens is 1. The number of hydrogen-bond acceptors (Lipinski definition) is 5. The van der Waals surface area contributed by atoms with E-state index < -0.39 is 0 Å². The number of hydroxylamine groups is 1. The Morgan fingerprint density at radius 1 is 1.39 bits per heavy atom. The molecule has 6 nitrogen and oxygen atoms in total. The second-order valence-electron chi connectivity index (χ2n) is 3.63. The zero-order valence-corrected chi connectivity index (χ0v) is 10.7. The summed E-state index contributed by atoms with van der Waals surface area (Å²) in [6, 6.07) is 3.43. The molecule has 100 valence electrons. The molecule has 18 heavy (non-hydrogen) atoms. The summed E-state index contributed by atoms with van der Waals surface area (Å²) in [7, 11) is 1.64. The van der Waals surface area contributed by atoms with Crippen molar-refractivity contribution in [1.82, 2.24) is 10.5 Å². The van der Waals surface area contributed by atoms with Gasteiger partial charge < -0.3 is 10.1 Å². The molecule has 0 aliphatic heterocycles. The third-order valence-corrected chi connectivity index (χ3v) is 2.11. The second kappa shape index (κ2) is 8.43. The minimum atomic E-state index is -0.292. The quantitative estimate of drug-likeness (QED) is 0.538. The van der Waals surface area contributed by atoms with Gasteiger partial charge in [-0.2, -0.15) is 0 Å². The molecule has 0 saturated heterocycles. The Morgan fingerprint density at radius 2 is 2.22 bits per heavy atom. The first kappa shape index (κ1) is 14.4. The van der Waals surface area contributed by atoms with Gasteiger partial charge in [0, 0.05) is 19.9 Å². The van der Waals surface area contributed by atoms with E-state index in [0.29, 0.717) is 31.1 Å². The van der Waals surface area contributed by atoms with Crippen molar-refractivity contribution in [3.8, 4) is 0 Å². The van der Waals surface area contributed by atoms with Crippen molar-refractivity contribution >= 4 is 11.7 Å². The van der Waals surface area contributed by atoms with Crippen LogP contribution in [0.15, 0.2) is 18.3 Å². The molecule has 1 heterocycles. The van der Waals surface area contributed by atoms with E-state index in [1.54, 1.807) is 19.2 Å². The van der Waals surface area contributed by atoms with Crippen molar-refractivity contribution in [2.75, 3.05) is 32.2 Å². The molecule has 6 heteroatoms. The number of rotatable bonds is 8. The average Bonchev–Trinajstić information content (AvgIpc) is 2.40. The van der Waals surface area contributed by atoms with Crippen molar-refractivity contribution in [2.45, 2.75) is 13.3 Å². The van der Waals surface area contributed by atoms with Crippen molar-refractivity contribution in [2.24, 2.45) is 0 Å². The van der Waals surface area contributed by atoms with Gasteiger partial charge in [0.2, 0.25) is 0 Å². The normalized spacial score (nSPS) is 10.1. The Labute approximate surface area is 107 Å². The van der Waals surface area contributed by atoms with Crippen LogP contribution in [0.25, 0.3) is 0 Å². The van der Waals surface area contributed by atoms with E-state index in [9.17, 15) is 4.79 Å². The molecule has 0 aromatic carbocycles. The van der Waals surface area contributed by atoms with Gasteiger partial charge in [-0.25, -0.2) is 10.5 Å². The molecule has 0 unspecified atom stereocenters. The van der Waals surface area contributed by atoms with Crippen LogP contribution in [-0.2, 0) is 9.57 Å². The third-order valence-electron chi connectivity index (χ3n) is 2.11. The minimum absolute atomic E-state index is 0.292. The fraction of sp³-hybridized carbons (Fsp3) is 0.500. The number of ether oxygens (including phenoxy) is 1.